The predicted molar refractivity (Wildman–Crippen MR) is 119 cm³/mol. The van der Waals surface area contributed by atoms with Crippen molar-refractivity contribution in [2.24, 2.45) is 0 Å². The van der Waals surface area contributed by atoms with Crippen LogP contribution in [-0.4, -0.2) is 76.5 Å². The molecule has 188 valence electrons. The van der Waals surface area contributed by atoms with E-state index in [1.54, 1.807) is 12.4 Å². The van der Waals surface area contributed by atoms with Gasteiger partial charge in [0.05, 0.1) is 11.2 Å². The molecule has 2 aliphatic rings. The third-order valence-corrected chi connectivity index (χ3v) is 6.46. The predicted octanol–water partition coefficient (Wildman–Crippen LogP) is 1.11. The fourth-order valence-corrected chi connectivity index (χ4v) is 4.12. The molecule has 3 heterocycles. The summed E-state index contributed by atoms with van der Waals surface area (Å²) in [6, 6.07) is -0.888. The van der Waals surface area contributed by atoms with E-state index in [-0.39, 0.29) is 6.61 Å². The maximum atomic E-state index is 11.9. The third-order valence-electron chi connectivity index (χ3n) is 6.11. The molecule has 2 fully saturated rings. The maximum absolute atomic E-state index is 11.9. The second kappa shape index (κ2) is 9.84. The minimum atomic E-state index is -1.13. The van der Waals surface area contributed by atoms with Gasteiger partial charge >= 0.3 is 25.0 Å². The molecule has 2 saturated heterocycles. The summed E-state index contributed by atoms with van der Waals surface area (Å²) in [5, 5.41) is 4.41. The first-order valence-electron chi connectivity index (χ1n) is 10.9. The van der Waals surface area contributed by atoms with Crippen LogP contribution >= 0.6 is 11.6 Å². The van der Waals surface area contributed by atoms with E-state index >= 15 is 0 Å². The van der Waals surface area contributed by atoms with E-state index in [1.165, 1.54) is 25.5 Å². The second-order valence-corrected chi connectivity index (χ2v) is 9.74. The van der Waals surface area contributed by atoms with Gasteiger partial charge in [-0.2, -0.15) is 5.10 Å². The van der Waals surface area contributed by atoms with E-state index in [1.807, 2.05) is 27.7 Å². The number of ether oxygens (including phenoxy) is 4. The normalized spacial score (nSPS) is 30.0. The quantitative estimate of drug-likeness (QED) is 0.243. The molecule has 0 saturated carbocycles. The van der Waals surface area contributed by atoms with Gasteiger partial charge in [-0.25, -0.2) is 0 Å². The summed E-state index contributed by atoms with van der Waals surface area (Å²) in [6.45, 7) is 11.2. The van der Waals surface area contributed by atoms with Gasteiger partial charge in [0.15, 0.2) is 17.8 Å². The molecule has 3 rings (SSSR count). The van der Waals surface area contributed by atoms with Crippen molar-refractivity contribution in [3.05, 3.63) is 12.4 Å². The number of carbonyl (C=O) groups excluding carboxylic acids is 3. The van der Waals surface area contributed by atoms with Gasteiger partial charge in [-0.05, 0) is 27.7 Å². The van der Waals surface area contributed by atoms with Gasteiger partial charge in [0, 0.05) is 38.6 Å². The van der Waals surface area contributed by atoms with Crippen LogP contribution in [0.2, 0.25) is 0 Å². The molecule has 3 unspecified atom stereocenters. The van der Waals surface area contributed by atoms with Gasteiger partial charge in [0.1, 0.15) is 18.8 Å². The van der Waals surface area contributed by atoms with Crippen LogP contribution in [-0.2, 0) is 42.6 Å². The van der Waals surface area contributed by atoms with Crippen LogP contribution in [0, 0.1) is 0 Å². The zero-order valence-electron chi connectivity index (χ0n) is 20.3. The van der Waals surface area contributed by atoms with Crippen LogP contribution in [0.5, 0.6) is 0 Å². The zero-order chi connectivity index (χ0) is 25.4. The van der Waals surface area contributed by atoms with E-state index in [0.29, 0.717) is 5.46 Å². The van der Waals surface area contributed by atoms with E-state index in [0.717, 1.165) is 0 Å². The van der Waals surface area contributed by atoms with E-state index in [4.69, 9.17) is 39.9 Å². The average Bonchev–Trinajstić information content (AvgIpc) is 3.24. The minimum absolute atomic E-state index is 0.231. The average molecular weight is 501 g/mol. The molecule has 0 radical (unpaired) electrons. The summed E-state index contributed by atoms with van der Waals surface area (Å²) in [4.78, 5) is 35.2. The van der Waals surface area contributed by atoms with E-state index in [9.17, 15) is 14.4 Å². The minimum Gasteiger partial charge on any atom is -0.463 e. The standard InChI is InChI=1S/C21H30BClN2O9/c1-11(26)29-10-15-17(30-12(2)27)16(18(19(23)32-15)31-13(3)28)25-9-14(8-24-25)22-33-20(4,5)21(6,7)34-22/h8-9,15-19H,10H2,1-7H3/t15?,16?,17-,18?,19+/m0/s1. The monoisotopic (exact) mass is 500 g/mol. The molecule has 0 aromatic carbocycles. The first-order chi connectivity index (χ1) is 15.7. The number of halogens is 1. The zero-order valence-corrected chi connectivity index (χ0v) is 21.0. The fraction of sp³-hybridized carbons (Fsp3) is 0.714. The van der Waals surface area contributed by atoms with Crippen LogP contribution in [0.15, 0.2) is 12.4 Å². The summed E-state index contributed by atoms with van der Waals surface area (Å²) in [6.07, 6.45) is 0.164. The largest absolute Gasteiger partial charge is 0.498 e. The molecule has 34 heavy (non-hydrogen) atoms. The molecule has 0 N–H and O–H groups in total. The Bertz CT molecular complexity index is 921. The Morgan fingerprint density at radius 3 is 2.12 bits per heavy atom. The van der Waals surface area contributed by atoms with Crippen LogP contribution in [0.4, 0.5) is 0 Å². The highest BCUT2D eigenvalue weighted by atomic mass is 35.5. The number of esters is 3. The lowest BCUT2D eigenvalue weighted by Gasteiger charge is -2.43. The molecule has 0 amide bonds. The van der Waals surface area contributed by atoms with Crippen LogP contribution in [0.25, 0.3) is 0 Å². The van der Waals surface area contributed by atoms with Gasteiger partial charge < -0.3 is 28.3 Å². The lowest BCUT2D eigenvalue weighted by molar-refractivity contribution is -0.213. The van der Waals surface area contributed by atoms with Crippen molar-refractivity contribution in [1.29, 1.82) is 0 Å². The molecule has 0 aliphatic carbocycles. The number of aromatic nitrogens is 2. The topological polar surface area (TPSA) is 124 Å². The highest BCUT2D eigenvalue weighted by Gasteiger charge is 2.54. The molecule has 0 bridgehead atoms. The number of hydrogen-bond acceptors (Lipinski definition) is 10. The highest BCUT2D eigenvalue weighted by Crippen LogP contribution is 2.38. The van der Waals surface area contributed by atoms with Crippen molar-refractivity contribution in [1.82, 2.24) is 9.78 Å². The van der Waals surface area contributed by atoms with Crippen molar-refractivity contribution in [2.45, 2.75) is 89.6 Å². The summed E-state index contributed by atoms with van der Waals surface area (Å²) >= 11 is 6.42. The molecule has 1 aromatic heterocycles. The number of rotatable bonds is 6. The molecule has 2 aliphatic heterocycles. The van der Waals surface area contributed by atoms with Crippen LogP contribution in [0.1, 0.15) is 54.5 Å². The van der Waals surface area contributed by atoms with Gasteiger partial charge in [-0.1, -0.05) is 11.6 Å². The molecule has 0 spiro atoms. The Kier molecular flexibility index (Phi) is 7.66. The van der Waals surface area contributed by atoms with Gasteiger partial charge in [-0.15, -0.1) is 0 Å². The Labute approximate surface area is 203 Å². The molecular formula is C21H30BClN2O9. The van der Waals surface area contributed by atoms with Crippen molar-refractivity contribution >= 4 is 42.1 Å². The molecule has 13 heteroatoms. The molecular weight excluding hydrogens is 471 g/mol. The Hall–Kier alpha value is -2.15. The van der Waals surface area contributed by atoms with Crippen molar-refractivity contribution < 1.29 is 42.6 Å². The van der Waals surface area contributed by atoms with Crippen molar-refractivity contribution in [2.75, 3.05) is 6.61 Å². The first kappa shape index (κ1) is 26.5. The van der Waals surface area contributed by atoms with E-state index < -0.39 is 66.1 Å². The lowest BCUT2D eigenvalue weighted by Crippen LogP contribution is -2.57. The molecule has 11 nitrogen and oxygen atoms in total. The SMILES string of the molecule is CC(=O)OCC1O[C@@H](Cl)C(OC(C)=O)C(n2cc(B3OC(C)(C)C(C)(C)O3)cn2)[C@H]1OC(C)=O. The number of nitrogens with zero attached hydrogens (tertiary/aromatic N) is 2. The van der Waals surface area contributed by atoms with Crippen LogP contribution in [0.3, 0.4) is 0 Å². The van der Waals surface area contributed by atoms with Gasteiger partial charge in [-0.3, -0.25) is 19.1 Å². The second-order valence-electron chi connectivity index (χ2n) is 9.31. The summed E-state index contributed by atoms with van der Waals surface area (Å²) in [5.74, 6) is -1.76. The third kappa shape index (κ3) is 5.56. The summed E-state index contributed by atoms with van der Waals surface area (Å²) in [5.41, 5.74) is -1.65. The van der Waals surface area contributed by atoms with E-state index in [2.05, 4.69) is 5.10 Å². The number of hydrogen-bond donors (Lipinski definition) is 0. The fourth-order valence-electron chi connectivity index (χ4n) is 3.79. The summed E-state index contributed by atoms with van der Waals surface area (Å²) < 4.78 is 35.4. The number of alkyl halides is 1. The highest BCUT2D eigenvalue weighted by molar-refractivity contribution is 6.62. The molecule has 1 aromatic rings. The Morgan fingerprint density at radius 1 is 1.03 bits per heavy atom. The lowest BCUT2D eigenvalue weighted by atomic mass is 9.82. The van der Waals surface area contributed by atoms with Crippen molar-refractivity contribution in [3.8, 4) is 0 Å². The Morgan fingerprint density at radius 2 is 1.59 bits per heavy atom. The number of carbonyl (C=O) groups is 3. The smallest absolute Gasteiger partial charge is 0.463 e. The Balaban J connectivity index is 1.98. The summed E-state index contributed by atoms with van der Waals surface area (Å²) in [7, 11) is -0.693. The van der Waals surface area contributed by atoms with Gasteiger partial charge in [0.2, 0.25) is 0 Å². The van der Waals surface area contributed by atoms with Crippen molar-refractivity contribution in [3.63, 3.8) is 0 Å². The van der Waals surface area contributed by atoms with Crippen LogP contribution < -0.4 is 5.46 Å². The molecule has 5 atom stereocenters. The first-order valence-corrected chi connectivity index (χ1v) is 11.3. The van der Waals surface area contributed by atoms with Gasteiger partial charge in [0.25, 0.3) is 0 Å². The maximum Gasteiger partial charge on any atom is 0.498 e.